The highest BCUT2D eigenvalue weighted by molar-refractivity contribution is 5.83. The minimum absolute atomic E-state index is 0.0240. The monoisotopic (exact) mass is 274 g/mol. The minimum Gasteiger partial charge on any atom is -0.480 e. The third kappa shape index (κ3) is 2.87. The summed E-state index contributed by atoms with van der Waals surface area (Å²) >= 11 is 0. The molecule has 1 saturated heterocycles. The van der Waals surface area contributed by atoms with Crippen LogP contribution < -0.4 is 5.32 Å². The Morgan fingerprint density at radius 1 is 1.63 bits per heavy atom. The molecule has 0 bridgehead atoms. The van der Waals surface area contributed by atoms with Crippen molar-refractivity contribution in [2.24, 2.45) is 0 Å². The Morgan fingerprint density at radius 3 is 3.00 bits per heavy atom. The van der Waals surface area contributed by atoms with Crippen LogP contribution in [0.4, 0.5) is 8.78 Å². The highest BCUT2D eigenvalue weighted by atomic mass is 19.3. The standard InChI is InChI=1S/C10H12F2N4O3/c11-10(12)16-2-1-13-7(16)4-15-5-8(17)14-3-6(15)9(18)19/h1-2,6,10H,3-5H2,(H,14,17)(H,18,19). The van der Waals surface area contributed by atoms with Crippen LogP contribution in [0, 0.1) is 0 Å². The van der Waals surface area contributed by atoms with Crippen LogP contribution in [0.5, 0.6) is 0 Å². The van der Waals surface area contributed by atoms with Crippen LogP contribution >= 0.6 is 0 Å². The summed E-state index contributed by atoms with van der Waals surface area (Å²) in [6, 6.07) is -0.944. The van der Waals surface area contributed by atoms with Gasteiger partial charge in [-0.3, -0.25) is 19.1 Å². The first kappa shape index (κ1) is 13.4. The average Bonchev–Trinajstić information content (AvgIpc) is 2.76. The number of hydrogen-bond donors (Lipinski definition) is 2. The van der Waals surface area contributed by atoms with Gasteiger partial charge >= 0.3 is 12.5 Å². The number of alkyl halides is 2. The molecule has 19 heavy (non-hydrogen) atoms. The molecule has 0 saturated carbocycles. The first-order valence-electron chi connectivity index (χ1n) is 5.52. The molecule has 0 spiro atoms. The highest BCUT2D eigenvalue weighted by Gasteiger charge is 2.32. The van der Waals surface area contributed by atoms with Crippen molar-refractivity contribution < 1.29 is 23.5 Å². The fraction of sp³-hybridized carbons (Fsp3) is 0.500. The molecule has 0 radical (unpaired) electrons. The SMILES string of the molecule is O=C1CN(Cc2nccn2C(F)F)C(C(=O)O)CN1. The number of carboxylic acids is 1. The zero-order chi connectivity index (χ0) is 14.0. The summed E-state index contributed by atoms with van der Waals surface area (Å²) in [6.07, 6.45) is 2.32. The van der Waals surface area contributed by atoms with Gasteiger partial charge in [-0.25, -0.2) is 4.98 Å². The second kappa shape index (κ2) is 5.31. The van der Waals surface area contributed by atoms with E-state index in [4.69, 9.17) is 5.11 Å². The second-order valence-corrected chi connectivity index (χ2v) is 4.09. The first-order chi connectivity index (χ1) is 8.99. The van der Waals surface area contributed by atoms with Gasteiger partial charge in [-0.1, -0.05) is 0 Å². The third-order valence-electron chi connectivity index (χ3n) is 2.87. The lowest BCUT2D eigenvalue weighted by molar-refractivity contribution is -0.146. The lowest BCUT2D eigenvalue weighted by Gasteiger charge is -2.32. The van der Waals surface area contributed by atoms with Crippen LogP contribution in [0.1, 0.15) is 12.4 Å². The van der Waals surface area contributed by atoms with Crippen LogP contribution in [0.15, 0.2) is 12.4 Å². The van der Waals surface area contributed by atoms with E-state index >= 15 is 0 Å². The van der Waals surface area contributed by atoms with Gasteiger partial charge < -0.3 is 10.4 Å². The Kier molecular flexibility index (Phi) is 3.74. The van der Waals surface area contributed by atoms with Gasteiger partial charge in [0.1, 0.15) is 11.9 Å². The summed E-state index contributed by atoms with van der Waals surface area (Å²) in [5.74, 6) is -1.43. The normalized spacial score (nSPS) is 20.6. The van der Waals surface area contributed by atoms with Gasteiger partial charge in [-0.05, 0) is 0 Å². The number of carbonyl (C=O) groups excluding carboxylic acids is 1. The summed E-state index contributed by atoms with van der Waals surface area (Å²) in [4.78, 5) is 27.4. The van der Waals surface area contributed by atoms with E-state index in [0.717, 1.165) is 6.20 Å². The van der Waals surface area contributed by atoms with E-state index in [2.05, 4.69) is 10.3 Å². The molecule has 1 aromatic rings. The number of aliphatic carboxylic acids is 1. The molecule has 1 aliphatic heterocycles. The lowest BCUT2D eigenvalue weighted by atomic mass is 10.2. The fourth-order valence-electron chi connectivity index (χ4n) is 1.93. The molecule has 0 aromatic carbocycles. The third-order valence-corrected chi connectivity index (χ3v) is 2.87. The first-order valence-corrected chi connectivity index (χ1v) is 5.52. The molecule has 2 heterocycles. The maximum absolute atomic E-state index is 12.7. The number of hydrogen-bond acceptors (Lipinski definition) is 4. The van der Waals surface area contributed by atoms with Crippen LogP contribution in [-0.4, -0.2) is 50.6 Å². The molecule has 2 rings (SSSR count). The van der Waals surface area contributed by atoms with Crippen molar-refractivity contribution in [2.75, 3.05) is 13.1 Å². The summed E-state index contributed by atoms with van der Waals surface area (Å²) < 4.78 is 26.0. The van der Waals surface area contributed by atoms with E-state index in [1.54, 1.807) is 0 Å². The van der Waals surface area contributed by atoms with Gasteiger partial charge in [-0.15, -0.1) is 0 Å². The van der Waals surface area contributed by atoms with Crippen LogP contribution in [0.2, 0.25) is 0 Å². The molecule has 1 fully saturated rings. The molecule has 9 heteroatoms. The number of nitrogens with zero attached hydrogens (tertiary/aromatic N) is 3. The van der Waals surface area contributed by atoms with Gasteiger partial charge in [-0.2, -0.15) is 8.78 Å². The summed E-state index contributed by atoms with van der Waals surface area (Å²) in [5, 5.41) is 11.5. The fourth-order valence-corrected chi connectivity index (χ4v) is 1.93. The van der Waals surface area contributed by atoms with Crippen molar-refractivity contribution in [2.45, 2.75) is 19.1 Å². The van der Waals surface area contributed by atoms with Crippen molar-refractivity contribution in [3.05, 3.63) is 18.2 Å². The lowest BCUT2D eigenvalue weighted by Crippen LogP contribution is -2.57. The van der Waals surface area contributed by atoms with E-state index in [9.17, 15) is 18.4 Å². The zero-order valence-corrected chi connectivity index (χ0v) is 9.79. The number of imidazole rings is 1. The smallest absolute Gasteiger partial charge is 0.322 e. The predicted molar refractivity (Wildman–Crippen MR) is 58.3 cm³/mol. The maximum atomic E-state index is 12.7. The predicted octanol–water partition coefficient (Wildman–Crippen LogP) is -0.337. The molecule has 1 unspecified atom stereocenters. The second-order valence-electron chi connectivity index (χ2n) is 4.09. The molecule has 0 aliphatic carbocycles. The number of carboxylic acid groups (broad SMARTS) is 1. The Labute approximate surface area is 106 Å². The Morgan fingerprint density at radius 2 is 2.37 bits per heavy atom. The molecule has 7 nitrogen and oxygen atoms in total. The molecule has 1 aliphatic rings. The summed E-state index contributed by atoms with van der Waals surface area (Å²) in [7, 11) is 0. The maximum Gasteiger partial charge on any atom is 0.322 e. The number of rotatable bonds is 4. The van der Waals surface area contributed by atoms with E-state index in [1.807, 2.05) is 0 Å². The molecule has 2 N–H and O–H groups in total. The topological polar surface area (TPSA) is 87.5 Å². The molecule has 104 valence electrons. The van der Waals surface area contributed by atoms with E-state index in [-0.39, 0.29) is 31.4 Å². The number of amides is 1. The zero-order valence-electron chi connectivity index (χ0n) is 9.79. The molecular weight excluding hydrogens is 262 g/mol. The Hall–Kier alpha value is -2.03. The summed E-state index contributed by atoms with van der Waals surface area (Å²) in [6.45, 7) is -3.09. The highest BCUT2D eigenvalue weighted by Crippen LogP contribution is 2.16. The molecular formula is C10H12F2N4O3. The Bertz CT molecular complexity index is 491. The number of piperazine rings is 1. The van der Waals surface area contributed by atoms with E-state index < -0.39 is 18.6 Å². The number of carbonyl (C=O) groups is 2. The molecule has 1 amide bonds. The van der Waals surface area contributed by atoms with E-state index in [1.165, 1.54) is 11.1 Å². The number of halogens is 2. The quantitative estimate of drug-likeness (QED) is 0.784. The van der Waals surface area contributed by atoms with Gasteiger partial charge in [0, 0.05) is 18.9 Å². The number of aromatic nitrogens is 2. The van der Waals surface area contributed by atoms with Crippen LogP contribution in [0.25, 0.3) is 0 Å². The molecule has 1 aromatic heterocycles. The van der Waals surface area contributed by atoms with Crippen LogP contribution in [0.3, 0.4) is 0 Å². The molecule has 1 atom stereocenters. The van der Waals surface area contributed by atoms with Crippen molar-refractivity contribution in [3.63, 3.8) is 0 Å². The largest absolute Gasteiger partial charge is 0.480 e. The van der Waals surface area contributed by atoms with Crippen molar-refractivity contribution >= 4 is 11.9 Å². The Balaban J connectivity index is 2.16. The average molecular weight is 274 g/mol. The van der Waals surface area contributed by atoms with Crippen molar-refractivity contribution in [1.82, 2.24) is 19.8 Å². The van der Waals surface area contributed by atoms with Gasteiger partial charge in [0.25, 0.3) is 0 Å². The summed E-state index contributed by atoms with van der Waals surface area (Å²) in [5.41, 5.74) is 0. The van der Waals surface area contributed by atoms with Crippen molar-refractivity contribution in [1.29, 1.82) is 0 Å². The van der Waals surface area contributed by atoms with Crippen LogP contribution in [-0.2, 0) is 16.1 Å². The van der Waals surface area contributed by atoms with E-state index in [0.29, 0.717) is 4.57 Å². The number of nitrogens with one attached hydrogen (secondary N) is 1. The minimum atomic E-state index is -2.75. The van der Waals surface area contributed by atoms with Gasteiger partial charge in [0.05, 0.1) is 13.1 Å². The van der Waals surface area contributed by atoms with Gasteiger partial charge in [0.15, 0.2) is 0 Å². The van der Waals surface area contributed by atoms with Gasteiger partial charge in [0.2, 0.25) is 5.91 Å². The van der Waals surface area contributed by atoms with Crippen molar-refractivity contribution in [3.8, 4) is 0 Å².